The lowest BCUT2D eigenvalue weighted by Crippen LogP contribution is -2.30. The van der Waals surface area contributed by atoms with Gasteiger partial charge in [-0.2, -0.15) is 0 Å². The zero-order valence-electron chi connectivity index (χ0n) is 12.2. The van der Waals surface area contributed by atoms with Gasteiger partial charge in [-0.1, -0.05) is 48.5 Å². The highest BCUT2D eigenvalue weighted by molar-refractivity contribution is 5.52. The molecule has 0 fully saturated rings. The van der Waals surface area contributed by atoms with Gasteiger partial charge in [0.2, 0.25) is 0 Å². The zero-order valence-corrected chi connectivity index (χ0v) is 12.2. The van der Waals surface area contributed by atoms with Crippen LogP contribution in [0.15, 0.2) is 61.2 Å². The van der Waals surface area contributed by atoms with E-state index in [0.29, 0.717) is 13.2 Å². The average molecular weight is 279 g/mol. The summed E-state index contributed by atoms with van der Waals surface area (Å²) in [5.41, 5.74) is 9.61. The van der Waals surface area contributed by atoms with Crippen molar-refractivity contribution in [2.75, 3.05) is 6.54 Å². The Kier molecular flexibility index (Phi) is 3.80. The van der Waals surface area contributed by atoms with E-state index in [1.165, 1.54) is 16.7 Å². The van der Waals surface area contributed by atoms with Crippen molar-refractivity contribution >= 4 is 0 Å². The van der Waals surface area contributed by atoms with Crippen LogP contribution in [0.4, 0.5) is 0 Å². The van der Waals surface area contributed by atoms with Gasteiger partial charge in [0.15, 0.2) is 0 Å². The summed E-state index contributed by atoms with van der Waals surface area (Å²) in [4.78, 5) is 0. The molecule has 0 saturated carbocycles. The van der Waals surface area contributed by atoms with E-state index in [1.807, 2.05) is 12.1 Å². The van der Waals surface area contributed by atoms with Gasteiger partial charge in [-0.25, -0.2) is 0 Å². The van der Waals surface area contributed by atoms with Crippen LogP contribution in [0.5, 0.6) is 5.75 Å². The van der Waals surface area contributed by atoms with Gasteiger partial charge in [0.05, 0.1) is 0 Å². The molecule has 0 radical (unpaired) electrons. The van der Waals surface area contributed by atoms with Crippen molar-refractivity contribution in [2.24, 2.45) is 5.73 Å². The Morgan fingerprint density at radius 1 is 1.10 bits per heavy atom. The van der Waals surface area contributed by atoms with Gasteiger partial charge in [0, 0.05) is 11.0 Å². The smallest absolute Gasteiger partial charge is 0.123 e. The number of hydrogen-bond acceptors (Lipinski definition) is 2. The number of fused-ring (bicyclic) bond motifs is 2. The summed E-state index contributed by atoms with van der Waals surface area (Å²) in [6.45, 7) is 5.22. The average Bonchev–Trinajstić information content (AvgIpc) is 2.65. The lowest BCUT2D eigenvalue weighted by molar-refractivity contribution is 0.305. The second-order valence-corrected chi connectivity index (χ2v) is 5.56. The Morgan fingerprint density at radius 3 is 2.57 bits per heavy atom. The van der Waals surface area contributed by atoms with Crippen molar-refractivity contribution in [2.45, 2.75) is 24.9 Å². The molecule has 1 atom stereocenters. The molecule has 108 valence electrons. The molecule has 0 spiro atoms. The maximum Gasteiger partial charge on any atom is 0.123 e. The summed E-state index contributed by atoms with van der Waals surface area (Å²) in [6, 6.07) is 16.8. The van der Waals surface area contributed by atoms with Crippen molar-refractivity contribution in [3.63, 3.8) is 0 Å². The number of nitrogens with two attached hydrogens (primary N) is 1. The lowest BCUT2D eigenvalue weighted by Gasteiger charge is -2.34. The standard InChI is InChI=1S/C19H21NO/c1-2-11-19(12-13-20)16-8-4-3-7-15(16)14-21-18-10-6-5-9-17(18)19/h2-10H,1,11-14,20H2. The molecule has 0 bridgehead atoms. The number of hydrogen-bond donors (Lipinski definition) is 1. The molecule has 0 aromatic heterocycles. The predicted molar refractivity (Wildman–Crippen MR) is 86.5 cm³/mol. The molecule has 0 saturated heterocycles. The first kappa shape index (κ1) is 13.9. The minimum absolute atomic E-state index is 0.139. The van der Waals surface area contributed by atoms with Gasteiger partial charge in [-0.3, -0.25) is 0 Å². The van der Waals surface area contributed by atoms with Crippen LogP contribution in [-0.4, -0.2) is 6.54 Å². The van der Waals surface area contributed by atoms with Crippen LogP contribution < -0.4 is 10.5 Å². The topological polar surface area (TPSA) is 35.2 Å². The summed E-state index contributed by atoms with van der Waals surface area (Å²) in [6.07, 6.45) is 3.74. The largest absolute Gasteiger partial charge is 0.489 e. The van der Waals surface area contributed by atoms with E-state index in [2.05, 4.69) is 49.0 Å². The van der Waals surface area contributed by atoms with Gasteiger partial charge in [-0.15, -0.1) is 6.58 Å². The minimum Gasteiger partial charge on any atom is -0.489 e. The Labute approximate surface area is 126 Å². The first-order chi connectivity index (χ1) is 10.3. The van der Waals surface area contributed by atoms with Crippen molar-refractivity contribution in [1.82, 2.24) is 0 Å². The van der Waals surface area contributed by atoms with E-state index >= 15 is 0 Å². The molecule has 0 aliphatic carbocycles. The third-order valence-electron chi connectivity index (χ3n) is 4.38. The Bertz CT molecular complexity index is 600. The predicted octanol–water partition coefficient (Wildman–Crippen LogP) is 3.79. The highest BCUT2D eigenvalue weighted by atomic mass is 16.5. The van der Waals surface area contributed by atoms with Crippen molar-refractivity contribution in [1.29, 1.82) is 0 Å². The number of rotatable bonds is 4. The summed E-state index contributed by atoms with van der Waals surface area (Å²) < 4.78 is 6.05. The van der Waals surface area contributed by atoms with Crippen LogP contribution >= 0.6 is 0 Å². The molecule has 21 heavy (non-hydrogen) atoms. The fourth-order valence-electron chi connectivity index (χ4n) is 3.49. The molecule has 1 aliphatic heterocycles. The molecule has 1 heterocycles. The van der Waals surface area contributed by atoms with E-state index in [4.69, 9.17) is 10.5 Å². The normalized spacial score (nSPS) is 19.9. The van der Waals surface area contributed by atoms with Crippen LogP contribution in [0.3, 0.4) is 0 Å². The summed E-state index contributed by atoms with van der Waals surface area (Å²) >= 11 is 0. The van der Waals surface area contributed by atoms with Gasteiger partial charge in [-0.05, 0) is 36.6 Å². The first-order valence-electron chi connectivity index (χ1n) is 7.43. The third kappa shape index (κ3) is 2.26. The number of benzene rings is 2. The van der Waals surface area contributed by atoms with Crippen LogP contribution in [0.2, 0.25) is 0 Å². The Morgan fingerprint density at radius 2 is 1.81 bits per heavy atom. The van der Waals surface area contributed by atoms with Crippen LogP contribution in [-0.2, 0) is 12.0 Å². The molecule has 2 nitrogen and oxygen atoms in total. The SMILES string of the molecule is C=CCC1(CCN)c2ccccc2COc2ccccc21. The first-order valence-corrected chi connectivity index (χ1v) is 7.43. The van der Waals surface area contributed by atoms with Crippen LogP contribution in [0.1, 0.15) is 29.5 Å². The third-order valence-corrected chi connectivity index (χ3v) is 4.38. The lowest BCUT2D eigenvalue weighted by atomic mass is 9.68. The monoisotopic (exact) mass is 279 g/mol. The van der Waals surface area contributed by atoms with Crippen molar-refractivity contribution in [3.05, 3.63) is 77.9 Å². The van der Waals surface area contributed by atoms with E-state index in [-0.39, 0.29) is 5.41 Å². The van der Waals surface area contributed by atoms with Crippen LogP contribution in [0, 0.1) is 0 Å². The number of para-hydroxylation sites is 1. The van der Waals surface area contributed by atoms with E-state index in [0.717, 1.165) is 18.6 Å². The Hall–Kier alpha value is -2.06. The molecule has 2 aromatic rings. The van der Waals surface area contributed by atoms with E-state index < -0.39 is 0 Å². The van der Waals surface area contributed by atoms with Gasteiger partial charge < -0.3 is 10.5 Å². The quantitative estimate of drug-likeness (QED) is 0.864. The van der Waals surface area contributed by atoms with Gasteiger partial charge >= 0.3 is 0 Å². The van der Waals surface area contributed by atoms with Crippen LogP contribution in [0.25, 0.3) is 0 Å². The molecule has 1 aliphatic rings. The molecule has 1 unspecified atom stereocenters. The highest BCUT2D eigenvalue weighted by Crippen LogP contribution is 2.46. The molecule has 2 N–H and O–H groups in total. The summed E-state index contributed by atoms with van der Waals surface area (Å²) in [5, 5.41) is 0. The maximum atomic E-state index is 6.05. The second kappa shape index (κ2) is 5.74. The minimum atomic E-state index is -0.139. The molecule has 2 heteroatoms. The summed E-state index contributed by atoms with van der Waals surface area (Å²) in [5.74, 6) is 0.962. The van der Waals surface area contributed by atoms with Crippen molar-refractivity contribution < 1.29 is 4.74 Å². The van der Waals surface area contributed by atoms with Crippen molar-refractivity contribution in [3.8, 4) is 5.75 Å². The molecule has 3 rings (SSSR count). The second-order valence-electron chi connectivity index (χ2n) is 5.56. The van der Waals surface area contributed by atoms with E-state index in [9.17, 15) is 0 Å². The van der Waals surface area contributed by atoms with Gasteiger partial charge in [0.25, 0.3) is 0 Å². The fourth-order valence-corrected chi connectivity index (χ4v) is 3.49. The summed E-state index contributed by atoms with van der Waals surface area (Å²) in [7, 11) is 0. The zero-order chi connectivity index (χ0) is 14.7. The maximum absolute atomic E-state index is 6.05. The van der Waals surface area contributed by atoms with Gasteiger partial charge in [0.1, 0.15) is 12.4 Å². The number of ether oxygens (including phenoxy) is 1. The Balaban J connectivity index is 2.30. The highest BCUT2D eigenvalue weighted by Gasteiger charge is 2.38. The molecular formula is C19H21NO. The fraction of sp³-hybridized carbons (Fsp3) is 0.263. The molecule has 2 aromatic carbocycles. The van der Waals surface area contributed by atoms with E-state index in [1.54, 1.807) is 0 Å². The molecule has 0 amide bonds. The number of allylic oxidation sites excluding steroid dienone is 1. The molecular weight excluding hydrogens is 258 g/mol.